The van der Waals surface area contributed by atoms with Crippen LogP contribution in [0.15, 0.2) is 34.7 Å². The van der Waals surface area contributed by atoms with Crippen LogP contribution in [0.5, 0.6) is 0 Å². The van der Waals surface area contributed by atoms with Gasteiger partial charge in [0.25, 0.3) is 0 Å². The second kappa shape index (κ2) is 5.58. The largest absolute Gasteiger partial charge is 0.459 e. The summed E-state index contributed by atoms with van der Waals surface area (Å²) >= 11 is 0. The summed E-state index contributed by atoms with van der Waals surface area (Å²) in [6, 6.07) is 9.93. The van der Waals surface area contributed by atoms with E-state index in [9.17, 15) is 0 Å². The van der Waals surface area contributed by atoms with E-state index in [4.69, 9.17) is 14.9 Å². The minimum absolute atomic E-state index is 0.185. The van der Waals surface area contributed by atoms with Crippen LogP contribution >= 0.6 is 0 Å². The summed E-state index contributed by atoms with van der Waals surface area (Å²) in [7, 11) is 0. The Kier molecular flexibility index (Phi) is 3.81. The third kappa shape index (κ3) is 2.36. The number of benzene rings is 1. The van der Waals surface area contributed by atoms with E-state index in [-0.39, 0.29) is 11.6 Å². The van der Waals surface area contributed by atoms with Crippen molar-refractivity contribution in [2.45, 2.75) is 50.7 Å². The van der Waals surface area contributed by atoms with Crippen molar-refractivity contribution >= 4 is 11.0 Å². The molecule has 0 aliphatic heterocycles. The molecular formula is C17H23NO2. The van der Waals surface area contributed by atoms with Crippen LogP contribution in [0.2, 0.25) is 0 Å². The summed E-state index contributed by atoms with van der Waals surface area (Å²) in [5.74, 6) is 0.849. The lowest BCUT2D eigenvalue weighted by Crippen LogP contribution is -2.45. The minimum atomic E-state index is -0.249. The number of fused-ring (bicyclic) bond motifs is 1. The molecule has 0 radical (unpaired) electrons. The number of nitrogens with two attached hydrogens (primary N) is 1. The summed E-state index contributed by atoms with van der Waals surface area (Å²) in [6.07, 6.45) is 5.71. The van der Waals surface area contributed by atoms with E-state index >= 15 is 0 Å². The number of furan rings is 1. The summed E-state index contributed by atoms with van der Waals surface area (Å²) in [6.45, 7) is 2.75. The van der Waals surface area contributed by atoms with E-state index in [0.717, 1.165) is 29.6 Å². The Bertz CT molecular complexity index is 531. The number of hydrogen-bond acceptors (Lipinski definition) is 3. The number of rotatable bonds is 4. The third-order valence-corrected chi connectivity index (χ3v) is 4.45. The fourth-order valence-corrected chi connectivity index (χ4v) is 3.40. The zero-order valence-corrected chi connectivity index (χ0v) is 12.1. The molecule has 0 saturated heterocycles. The van der Waals surface area contributed by atoms with Crippen molar-refractivity contribution < 1.29 is 9.15 Å². The van der Waals surface area contributed by atoms with Gasteiger partial charge < -0.3 is 14.9 Å². The van der Waals surface area contributed by atoms with Gasteiger partial charge in [0.2, 0.25) is 0 Å². The summed E-state index contributed by atoms with van der Waals surface area (Å²) in [5, 5.41) is 1.11. The molecule has 1 aliphatic rings. The highest BCUT2D eigenvalue weighted by Crippen LogP contribution is 2.41. The lowest BCUT2D eigenvalue weighted by atomic mass is 9.78. The Morgan fingerprint density at radius 3 is 2.70 bits per heavy atom. The predicted octanol–water partition coefficient (Wildman–Crippen LogP) is 4.17. The maximum absolute atomic E-state index is 6.54. The molecule has 1 atom stereocenters. The third-order valence-electron chi connectivity index (χ3n) is 4.45. The van der Waals surface area contributed by atoms with E-state index in [2.05, 4.69) is 12.1 Å². The van der Waals surface area contributed by atoms with E-state index in [1.807, 2.05) is 25.1 Å². The summed E-state index contributed by atoms with van der Waals surface area (Å²) in [5.41, 5.74) is 7.19. The van der Waals surface area contributed by atoms with Crippen molar-refractivity contribution in [3.8, 4) is 0 Å². The molecule has 2 aromatic rings. The maximum atomic E-state index is 6.54. The van der Waals surface area contributed by atoms with Gasteiger partial charge in [-0.1, -0.05) is 37.5 Å². The van der Waals surface area contributed by atoms with Crippen molar-refractivity contribution in [3.63, 3.8) is 0 Å². The molecule has 1 saturated carbocycles. The zero-order chi connectivity index (χ0) is 14.0. The van der Waals surface area contributed by atoms with Gasteiger partial charge in [0.1, 0.15) is 11.3 Å². The van der Waals surface area contributed by atoms with Crippen LogP contribution in [-0.4, -0.2) is 12.2 Å². The average Bonchev–Trinajstić information content (AvgIpc) is 2.91. The van der Waals surface area contributed by atoms with Gasteiger partial charge in [-0.2, -0.15) is 0 Å². The molecule has 0 spiro atoms. The van der Waals surface area contributed by atoms with Crippen LogP contribution < -0.4 is 5.73 Å². The second-order valence-corrected chi connectivity index (χ2v) is 5.72. The molecular weight excluding hydrogens is 250 g/mol. The van der Waals surface area contributed by atoms with Gasteiger partial charge in [-0.3, -0.25) is 0 Å². The quantitative estimate of drug-likeness (QED) is 0.909. The van der Waals surface area contributed by atoms with E-state index in [1.165, 1.54) is 19.3 Å². The molecule has 1 heterocycles. The molecule has 3 heteroatoms. The van der Waals surface area contributed by atoms with Crippen molar-refractivity contribution in [2.24, 2.45) is 5.73 Å². The molecule has 1 aromatic heterocycles. The van der Waals surface area contributed by atoms with Crippen LogP contribution in [0.25, 0.3) is 11.0 Å². The summed E-state index contributed by atoms with van der Waals surface area (Å²) < 4.78 is 12.0. The zero-order valence-electron chi connectivity index (χ0n) is 12.1. The van der Waals surface area contributed by atoms with Crippen molar-refractivity contribution in [3.05, 3.63) is 36.1 Å². The van der Waals surface area contributed by atoms with Gasteiger partial charge in [0, 0.05) is 12.0 Å². The van der Waals surface area contributed by atoms with Gasteiger partial charge in [0.05, 0.1) is 11.6 Å². The molecule has 0 amide bonds. The first-order chi connectivity index (χ1) is 9.75. The van der Waals surface area contributed by atoms with Crippen molar-refractivity contribution in [2.75, 3.05) is 6.61 Å². The second-order valence-electron chi connectivity index (χ2n) is 5.72. The van der Waals surface area contributed by atoms with Crippen molar-refractivity contribution in [1.29, 1.82) is 0 Å². The highest BCUT2D eigenvalue weighted by Gasteiger charge is 2.41. The molecule has 108 valence electrons. The average molecular weight is 273 g/mol. The predicted molar refractivity (Wildman–Crippen MR) is 80.6 cm³/mol. The first kappa shape index (κ1) is 13.7. The lowest BCUT2D eigenvalue weighted by Gasteiger charge is -2.40. The van der Waals surface area contributed by atoms with Crippen LogP contribution in [-0.2, 0) is 4.74 Å². The summed E-state index contributed by atoms with van der Waals surface area (Å²) in [4.78, 5) is 0. The van der Waals surface area contributed by atoms with E-state index in [1.54, 1.807) is 0 Å². The number of para-hydroxylation sites is 1. The fourth-order valence-electron chi connectivity index (χ4n) is 3.40. The molecule has 1 aliphatic carbocycles. The molecule has 3 nitrogen and oxygen atoms in total. The first-order valence-corrected chi connectivity index (χ1v) is 7.63. The number of ether oxygens (including phenoxy) is 1. The molecule has 1 fully saturated rings. The smallest absolute Gasteiger partial charge is 0.134 e. The van der Waals surface area contributed by atoms with E-state index < -0.39 is 0 Å². The van der Waals surface area contributed by atoms with Gasteiger partial charge >= 0.3 is 0 Å². The Morgan fingerprint density at radius 1 is 1.25 bits per heavy atom. The standard InChI is InChI=1S/C17H23NO2/c1-2-19-17(10-6-3-7-11-17)16(18)15-12-13-8-4-5-9-14(13)20-15/h4-5,8-9,12,16H,2-3,6-7,10-11,18H2,1H3. The minimum Gasteiger partial charge on any atom is -0.459 e. The monoisotopic (exact) mass is 273 g/mol. The highest BCUT2D eigenvalue weighted by atomic mass is 16.5. The van der Waals surface area contributed by atoms with Crippen LogP contribution in [0.4, 0.5) is 0 Å². The molecule has 1 unspecified atom stereocenters. The van der Waals surface area contributed by atoms with Gasteiger partial charge in [-0.05, 0) is 31.9 Å². The molecule has 2 N–H and O–H groups in total. The van der Waals surface area contributed by atoms with Gasteiger partial charge in [-0.15, -0.1) is 0 Å². The molecule has 1 aromatic carbocycles. The highest BCUT2D eigenvalue weighted by molar-refractivity contribution is 5.77. The van der Waals surface area contributed by atoms with E-state index in [0.29, 0.717) is 6.61 Å². The van der Waals surface area contributed by atoms with Crippen LogP contribution in [0, 0.1) is 0 Å². The Balaban J connectivity index is 1.93. The topological polar surface area (TPSA) is 48.4 Å². The van der Waals surface area contributed by atoms with Crippen molar-refractivity contribution in [1.82, 2.24) is 0 Å². The normalized spacial score (nSPS) is 20.1. The van der Waals surface area contributed by atoms with Gasteiger partial charge in [0.15, 0.2) is 0 Å². The fraction of sp³-hybridized carbons (Fsp3) is 0.529. The Hall–Kier alpha value is -1.32. The first-order valence-electron chi connectivity index (χ1n) is 7.63. The Morgan fingerprint density at radius 2 is 2.00 bits per heavy atom. The lowest BCUT2D eigenvalue weighted by molar-refractivity contribution is -0.0864. The molecule has 3 rings (SSSR count). The van der Waals surface area contributed by atoms with Gasteiger partial charge in [-0.25, -0.2) is 0 Å². The Labute approximate surface area is 120 Å². The molecule has 20 heavy (non-hydrogen) atoms. The van der Waals surface area contributed by atoms with Crippen LogP contribution in [0.1, 0.15) is 50.8 Å². The maximum Gasteiger partial charge on any atom is 0.134 e. The number of hydrogen-bond donors (Lipinski definition) is 1. The van der Waals surface area contributed by atoms with Crippen LogP contribution in [0.3, 0.4) is 0 Å². The SMILES string of the molecule is CCOC1(C(N)c2cc3ccccc3o2)CCCCC1. The molecule has 0 bridgehead atoms.